The van der Waals surface area contributed by atoms with Crippen LogP contribution < -0.4 is 4.23 Å². The number of hydrogen-bond donors (Lipinski definition) is 3. The van der Waals surface area contributed by atoms with E-state index in [0.717, 1.165) is 29.7 Å². The standard InChI is InChI=1S/C13H25NO3Si2.C10H8N2/c1-6-11-9-8-10-12(7-2)13(11)14(18(3,4)5)19(15,16)17;1-5-11-6-2-9(1)10-3-7-12-8-4-10/h8-10,15-17H,6-7H2,1-5H3;1-8H. The van der Waals surface area contributed by atoms with E-state index in [1.165, 1.54) is 15.4 Å². The minimum atomic E-state index is -4.36. The van der Waals surface area contributed by atoms with Crippen LogP contribution in [0.1, 0.15) is 25.0 Å². The van der Waals surface area contributed by atoms with Crippen molar-refractivity contribution in [2.24, 2.45) is 0 Å². The molecule has 2 aromatic heterocycles. The third kappa shape index (κ3) is 6.81. The van der Waals surface area contributed by atoms with Gasteiger partial charge in [-0.05, 0) is 59.4 Å². The van der Waals surface area contributed by atoms with Crippen molar-refractivity contribution in [3.63, 3.8) is 0 Å². The summed E-state index contributed by atoms with van der Waals surface area (Å²) in [6.45, 7) is 10.1. The molecule has 0 unspecified atom stereocenters. The molecule has 0 bridgehead atoms. The van der Waals surface area contributed by atoms with Crippen molar-refractivity contribution >= 4 is 22.9 Å². The Balaban J connectivity index is 0.000000242. The molecule has 1 aromatic carbocycles. The Morgan fingerprint density at radius 2 is 1.10 bits per heavy atom. The smallest absolute Gasteiger partial charge is 0.373 e. The summed E-state index contributed by atoms with van der Waals surface area (Å²) in [5, 5.41) is 0. The summed E-state index contributed by atoms with van der Waals surface area (Å²) in [6.07, 6.45) is 8.75. The van der Waals surface area contributed by atoms with Crippen LogP contribution in [0.25, 0.3) is 11.1 Å². The van der Waals surface area contributed by atoms with Crippen LogP contribution in [0, 0.1) is 0 Å². The van der Waals surface area contributed by atoms with Crippen LogP contribution in [0.4, 0.5) is 5.69 Å². The fraction of sp³-hybridized carbons (Fsp3) is 0.304. The van der Waals surface area contributed by atoms with Gasteiger partial charge in [0, 0.05) is 30.5 Å². The molecule has 2 heterocycles. The van der Waals surface area contributed by atoms with E-state index in [9.17, 15) is 14.4 Å². The average Bonchev–Trinajstić information content (AvgIpc) is 2.73. The fourth-order valence-corrected chi connectivity index (χ4v) is 8.67. The molecule has 0 fully saturated rings. The highest BCUT2D eigenvalue weighted by molar-refractivity contribution is 6.92. The molecule has 0 amide bonds. The molecule has 0 radical (unpaired) electrons. The van der Waals surface area contributed by atoms with E-state index in [-0.39, 0.29) is 0 Å². The van der Waals surface area contributed by atoms with E-state index < -0.39 is 17.2 Å². The van der Waals surface area contributed by atoms with Crippen molar-refractivity contribution < 1.29 is 14.4 Å². The van der Waals surface area contributed by atoms with Gasteiger partial charge in [0.25, 0.3) is 0 Å². The van der Waals surface area contributed by atoms with E-state index >= 15 is 0 Å². The fourth-order valence-electron chi connectivity index (χ4n) is 3.53. The van der Waals surface area contributed by atoms with E-state index in [1.807, 2.05) is 76.0 Å². The summed E-state index contributed by atoms with van der Waals surface area (Å²) in [5.74, 6) is 0. The number of hydrogen-bond acceptors (Lipinski definition) is 6. The summed E-state index contributed by atoms with van der Waals surface area (Å²) in [7, 11) is -6.48. The molecular formula is C23H33N3O3Si2. The largest absolute Gasteiger partial charge is 0.616 e. The van der Waals surface area contributed by atoms with Crippen LogP contribution in [0.15, 0.2) is 67.3 Å². The predicted octanol–water partition coefficient (Wildman–Crippen LogP) is 4.01. The highest BCUT2D eigenvalue weighted by Gasteiger charge is 2.46. The molecular weight excluding hydrogens is 422 g/mol. The van der Waals surface area contributed by atoms with Gasteiger partial charge in [0.05, 0.1) is 0 Å². The first-order valence-electron chi connectivity index (χ1n) is 10.5. The molecule has 6 nitrogen and oxygen atoms in total. The Morgan fingerprint density at radius 1 is 0.710 bits per heavy atom. The van der Waals surface area contributed by atoms with Gasteiger partial charge < -0.3 is 18.6 Å². The zero-order valence-electron chi connectivity index (χ0n) is 18.9. The topological polar surface area (TPSA) is 89.7 Å². The first-order valence-corrected chi connectivity index (χ1v) is 15.7. The second-order valence-corrected chi connectivity index (χ2v) is 15.1. The Kier molecular flexibility index (Phi) is 8.66. The minimum absolute atomic E-state index is 0.800. The lowest BCUT2D eigenvalue weighted by molar-refractivity contribution is 0.231. The average molecular weight is 456 g/mol. The van der Waals surface area contributed by atoms with Crippen LogP contribution in [-0.4, -0.2) is 41.6 Å². The van der Waals surface area contributed by atoms with Gasteiger partial charge in [-0.3, -0.25) is 9.97 Å². The number of anilines is 1. The number of aryl methyl sites for hydroxylation is 2. The van der Waals surface area contributed by atoms with Gasteiger partial charge in [-0.25, -0.2) is 0 Å². The van der Waals surface area contributed by atoms with E-state index in [1.54, 1.807) is 24.8 Å². The maximum Gasteiger partial charge on any atom is 0.616 e. The van der Waals surface area contributed by atoms with E-state index in [2.05, 4.69) is 9.97 Å². The number of para-hydroxylation sites is 1. The summed E-state index contributed by atoms with van der Waals surface area (Å²) in [4.78, 5) is 37.7. The number of nitrogens with zero attached hydrogens (tertiary/aromatic N) is 3. The van der Waals surface area contributed by atoms with Crippen LogP contribution in [0.5, 0.6) is 0 Å². The monoisotopic (exact) mass is 455 g/mol. The van der Waals surface area contributed by atoms with Crippen molar-refractivity contribution in [3.8, 4) is 11.1 Å². The van der Waals surface area contributed by atoms with E-state index in [4.69, 9.17) is 0 Å². The zero-order valence-corrected chi connectivity index (χ0v) is 20.9. The molecule has 31 heavy (non-hydrogen) atoms. The molecule has 0 saturated carbocycles. The van der Waals surface area contributed by atoms with Crippen molar-refractivity contribution in [1.82, 2.24) is 9.97 Å². The highest BCUT2D eigenvalue weighted by Crippen LogP contribution is 2.33. The summed E-state index contributed by atoms with van der Waals surface area (Å²) in [6, 6.07) is 13.9. The van der Waals surface area contributed by atoms with Gasteiger partial charge in [0.2, 0.25) is 0 Å². The molecule has 0 aliphatic rings. The van der Waals surface area contributed by atoms with Gasteiger partial charge in [0.1, 0.15) is 8.24 Å². The van der Waals surface area contributed by atoms with E-state index in [0.29, 0.717) is 0 Å². The zero-order chi connectivity index (χ0) is 23.1. The maximum absolute atomic E-state index is 9.92. The van der Waals surface area contributed by atoms with Gasteiger partial charge >= 0.3 is 8.97 Å². The Hall–Kier alpha value is -2.37. The lowest BCUT2D eigenvalue weighted by Crippen LogP contribution is -2.65. The van der Waals surface area contributed by atoms with Crippen LogP contribution in [0.3, 0.4) is 0 Å². The molecule has 3 N–H and O–H groups in total. The molecule has 0 aliphatic carbocycles. The summed E-state index contributed by atoms with van der Waals surface area (Å²) < 4.78 is 1.54. The summed E-state index contributed by atoms with van der Waals surface area (Å²) in [5.41, 5.74) is 5.28. The van der Waals surface area contributed by atoms with Crippen LogP contribution >= 0.6 is 0 Å². The Morgan fingerprint density at radius 3 is 1.39 bits per heavy atom. The first-order chi connectivity index (χ1) is 14.6. The molecule has 0 aliphatic heterocycles. The van der Waals surface area contributed by atoms with Crippen molar-refractivity contribution in [2.45, 2.75) is 46.3 Å². The van der Waals surface area contributed by atoms with Crippen molar-refractivity contribution in [3.05, 3.63) is 78.4 Å². The lowest BCUT2D eigenvalue weighted by Gasteiger charge is -2.41. The molecule has 3 aromatic rings. The predicted molar refractivity (Wildman–Crippen MR) is 131 cm³/mol. The Bertz CT molecular complexity index is 870. The quantitative estimate of drug-likeness (QED) is 0.487. The third-order valence-electron chi connectivity index (χ3n) is 4.85. The molecule has 166 valence electrons. The maximum atomic E-state index is 9.92. The first kappa shape index (κ1) is 24.9. The molecule has 0 spiro atoms. The molecule has 0 saturated heterocycles. The van der Waals surface area contributed by atoms with Crippen LogP contribution in [0.2, 0.25) is 19.6 Å². The third-order valence-corrected chi connectivity index (χ3v) is 10.2. The Labute approximate surface area is 187 Å². The van der Waals surface area contributed by atoms with Crippen LogP contribution in [-0.2, 0) is 12.8 Å². The number of aromatic nitrogens is 2. The number of rotatable bonds is 6. The summed E-state index contributed by atoms with van der Waals surface area (Å²) >= 11 is 0. The van der Waals surface area contributed by atoms with Gasteiger partial charge in [-0.15, -0.1) is 0 Å². The number of pyridine rings is 2. The molecule has 8 heteroatoms. The highest BCUT2D eigenvalue weighted by atomic mass is 28.4. The second kappa shape index (κ2) is 10.8. The second-order valence-electron chi connectivity index (χ2n) is 8.21. The number of benzene rings is 1. The molecule has 0 atom stereocenters. The minimum Gasteiger partial charge on any atom is -0.373 e. The normalized spacial score (nSPS) is 11.5. The SMILES string of the molecule is CCc1cccc(CC)c1N([Si](C)(C)C)[Si](O)(O)O.c1cc(-c2ccncc2)ccn1. The van der Waals surface area contributed by atoms with Gasteiger partial charge in [-0.2, -0.15) is 0 Å². The van der Waals surface area contributed by atoms with Gasteiger partial charge in [0.15, 0.2) is 0 Å². The lowest BCUT2D eigenvalue weighted by atomic mass is 10.0. The molecule has 3 rings (SSSR count). The van der Waals surface area contributed by atoms with Crippen molar-refractivity contribution in [1.29, 1.82) is 0 Å². The van der Waals surface area contributed by atoms with Crippen molar-refractivity contribution in [2.75, 3.05) is 4.23 Å². The van der Waals surface area contributed by atoms with Gasteiger partial charge in [-0.1, -0.05) is 51.7 Å².